The van der Waals surface area contributed by atoms with Crippen LogP contribution < -0.4 is 15.0 Å². The van der Waals surface area contributed by atoms with Crippen molar-refractivity contribution in [1.29, 1.82) is 0 Å². The van der Waals surface area contributed by atoms with Crippen LogP contribution in [0.2, 0.25) is 0 Å². The van der Waals surface area contributed by atoms with Crippen LogP contribution >= 0.6 is 34.8 Å². The number of nitrogens with zero attached hydrogens (tertiary/aromatic N) is 1. The molecule has 1 aliphatic heterocycles. The highest BCUT2D eigenvalue weighted by atomic mass is 127. The molecule has 1 N–H and O–H groups in total. The lowest BCUT2D eigenvalue weighted by molar-refractivity contribution is -0.122. The molecule has 28 heavy (non-hydrogen) atoms. The fraction of sp³-hybridized carbons (Fsp3) is 0.0500. The molecule has 0 bridgehead atoms. The van der Waals surface area contributed by atoms with Crippen molar-refractivity contribution in [2.24, 2.45) is 0 Å². The van der Waals surface area contributed by atoms with Gasteiger partial charge in [-0.1, -0.05) is 30.9 Å². The average Bonchev–Trinajstić information content (AvgIpc) is 2.66. The summed E-state index contributed by atoms with van der Waals surface area (Å²) >= 11 is 7.17. The number of hydrogen-bond donors (Lipinski definition) is 1. The third kappa shape index (κ3) is 4.12. The van der Waals surface area contributed by atoms with Crippen molar-refractivity contribution in [3.63, 3.8) is 0 Å². The van der Waals surface area contributed by atoms with Crippen LogP contribution in [0.1, 0.15) is 5.56 Å². The number of amides is 2. The quantitative estimate of drug-likeness (QED) is 0.220. The minimum Gasteiger partial charge on any atom is -0.488 e. The van der Waals surface area contributed by atoms with Gasteiger partial charge in [-0.15, -0.1) is 0 Å². The Bertz CT molecular complexity index is 1020. The van der Waals surface area contributed by atoms with Gasteiger partial charge in [-0.2, -0.15) is 0 Å². The first-order valence-corrected chi connectivity index (χ1v) is 9.60. The largest absolute Gasteiger partial charge is 0.488 e. The number of carbonyl (C=O) groups is 2. The Morgan fingerprint density at radius 1 is 1.25 bits per heavy atom. The van der Waals surface area contributed by atoms with E-state index in [1.54, 1.807) is 30.3 Å². The Balaban J connectivity index is 1.96. The summed E-state index contributed by atoms with van der Waals surface area (Å²) in [7, 11) is 0. The zero-order chi connectivity index (χ0) is 20.3. The molecule has 0 aromatic heterocycles. The molecule has 0 saturated carbocycles. The van der Waals surface area contributed by atoms with E-state index >= 15 is 0 Å². The summed E-state index contributed by atoms with van der Waals surface area (Å²) in [4.78, 5) is 26.2. The van der Waals surface area contributed by atoms with Crippen LogP contribution in [0.25, 0.3) is 6.08 Å². The van der Waals surface area contributed by atoms with E-state index in [9.17, 15) is 14.0 Å². The minimum absolute atomic E-state index is 0.0221. The number of para-hydroxylation sites is 1. The number of hydrogen-bond acceptors (Lipinski definition) is 4. The van der Waals surface area contributed by atoms with E-state index < -0.39 is 17.6 Å². The molecular weight excluding hydrogens is 494 g/mol. The Labute approximate surface area is 180 Å². The zero-order valence-electron chi connectivity index (χ0n) is 14.4. The van der Waals surface area contributed by atoms with E-state index in [1.807, 2.05) is 0 Å². The van der Waals surface area contributed by atoms with Crippen molar-refractivity contribution in [3.8, 4) is 5.75 Å². The third-order valence-electron chi connectivity index (χ3n) is 3.82. The van der Waals surface area contributed by atoms with Crippen LogP contribution in [-0.2, 0) is 9.59 Å². The second-order valence-electron chi connectivity index (χ2n) is 5.70. The number of nitrogens with one attached hydrogen (secondary N) is 1. The Morgan fingerprint density at radius 2 is 2.00 bits per heavy atom. The second kappa shape index (κ2) is 8.61. The van der Waals surface area contributed by atoms with Gasteiger partial charge in [0.15, 0.2) is 5.11 Å². The van der Waals surface area contributed by atoms with E-state index in [4.69, 9.17) is 17.0 Å². The smallest absolute Gasteiger partial charge is 0.270 e. The number of benzene rings is 2. The molecule has 1 fully saturated rings. The Hall–Kier alpha value is -2.59. The van der Waals surface area contributed by atoms with Crippen LogP contribution in [0.3, 0.4) is 0 Å². The predicted molar refractivity (Wildman–Crippen MR) is 117 cm³/mol. The van der Waals surface area contributed by atoms with Crippen LogP contribution in [0, 0.1) is 9.39 Å². The number of anilines is 1. The van der Waals surface area contributed by atoms with Gasteiger partial charge in [-0.05, 0) is 70.7 Å². The summed E-state index contributed by atoms with van der Waals surface area (Å²) < 4.78 is 20.5. The monoisotopic (exact) mass is 508 g/mol. The number of carbonyl (C=O) groups excluding carboxylic acids is 2. The van der Waals surface area contributed by atoms with E-state index in [2.05, 4.69) is 34.5 Å². The highest BCUT2D eigenvalue weighted by Crippen LogP contribution is 2.26. The molecule has 0 atom stereocenters. The van der Waals surface area contributed by atoms with Crippen LogP contribution in [0.15, 0.2) is 60.7 Å². The molecule has 1 saturated heterocycles. The van der Waals surface area contributed by atoms with Gasteiger partial charge in [0.25, 0.3) is 11.8 Å². The molecule has 1 heterocycles. The molecule has 2 aromatic carbocycles. The maximum atomic E-state index is 14.2. The van der Waals surface area contributed by atoms with Crippen molar-refractivity contribution in [2.75, 3.05) is 11.5 Å². The van der Waals surface area contributed by atoms with Gasteiger partial charge in [0.05, 0.1) is 9.26 Å². The first kappa shape index (κ1) is 20.2. The van der Waals surface area contributed by atoms with Gasteiger partial charge in [-0.25, -0.2) is 9.29 Å². The summed E-state index contributed by atoms with van der Waals surface area (Å²) in [6.45, 7) is 3.97. The second-order valence-corrected chi connectivity index (χ2v) is 7.25. The molecule has 3 rings (SSSR count). The third-order valence-corrected chi connectivity index (χ3v) is 4.95. The standard InChI is InChI=1S/C20H14FIN2O3S/c1-2-9-27-17-8-7-12(11-15(17)22)10-13-18(25)23-20(28)24(19(13)26)16-6-4-3-5-14(16)21/h2-8,10-11H,1,9H2,(H,23,25,28). The maximum Gasteiger partial charge on any atom is 0.270 e. The molecule has 8 heteroatoms. The van der Waals surface area contributed by atoms with Gasteiger partial charge in [-0.3, -0.25) is 14.9 Å². The Kier molecular flexibility index (Phi) is 6.20. The van der Waals surface area contributed by atoms with Crippen molar-refractivity contribution in [3.05, 3.63) is 75.6 Å². The van der Waals surface area contributed by atoms with Gasteiger partial charge >= 0.3 is 0 Å². The molecule has 5 nitrogen and oxygen atoms in total. The molecule has 0 spiro atoms. The first-order valence-electron chi connectivity index (χ1n) is 8.11. The van der Waals surface area contributed by atoms with Gasteiger partial charge < -0.3 is 4.74 Å². The molecule has 0 radical (unpaired) electrons. The summed E-state index contributed by atoms with van der Waals surface area (Å²) in [5.41, 5.74) is 0.453. The van der Waals surface area contributed by atoms with E-state index in [1.165, 1.54) is 24.3 Å². The number of halogens is 2. The van der Waals surface area contributed by atoms with Crippen molar-refractivity contribution in [1.82, 2.24) is 5.32 Å². The van der Waals surface area contributed by atoms with E-state index in [0.29, 0.717) is 17.9 Å². The number of ether oxygens (including phenoxy) is 1. The first-order chi connectivity index (χ1) is 13.4. The van der Waals surface area contributed by atoms with Gasteiger partial charge in [0.2, 0.25) is 0 Å². The topological polar surface area (TPSA) is 58.6 Å². The van der Waals surface area contributed by atoms with E-state index in [0.717, 1.165) is 8.47 Å². The highest BCUT2D eigenvalue weighted by Gasteiger charge is 2.35. The SMILES string of the molecule is C=CCOc1ccc(C=C2C(=O)NC(=S)N(c3ccccc3F)C2=O)cc1I. The van der Waals surface area contributed by atoms with Gasteiger partial charge in [0, 0.05) is 0 Å². The zero-order valence-corrected chi connectivity index (χ0v) is 17.4. The normalized spacial score (nSPS) is 15.6. The lowest BCUT2D eigenvalue weighted by Gasteiger charge is -2.29. The summed E-state index contributed by atoms with van der Waals surface area (Å²) in [6, 6.07) is 10.9. The minimum atomic E-state index is -0.694. The number of rotatable bonds is 5. The van der Waals surface area contributed by atoms with Crippen molar-refractivity contribution >= 4 is 63.5 Å². The lowest BCUT2D eigenvalue weighted by Crippen LogP contribution is -2.54. The summed E-state index contributed by atoms with van der Waals surface area (Å²) in [5.74, 6) is -1.28. The molecular formula is C20H14FIN2O3S. The van der Waals surface area contributed by atoms with Crippen molar-refractivity contribution in [2.45, 2.75) is 0 Å². The molecule has 142 valence electrons. The van der Waals surface area contributed by atoms with Crippen molar-refractivity contribution < 1.29 is 18.7 Å². The predicted octanol–water partition coefficient (Wildman–Crippen LogP) is 3.83. The molecule has 1 aliphatic rings. The average molecular weight is 508 g/mol. The lowest BCUT2D eigenvalue weighted by atomic mass is 10.1. The highest BCUT2D eigenvalue weighted by molar-refractivity contribution is 14.1. The van der Waals surface area contributed by atoms with E-state index in [-0.39, 0.29) is 16.4 Å². The molecule has 2 amide bonds. The van der Waals surface area contributed by atoms with Crippen LogP contribution in [0.5, 0.6) is 5.75 Å². The number of thiocarbonyl (C=S) groups is 1. The molecule has 0 unspecified atom stereocenters. The molecule has 0 aliphatic carbocycles. The van der Waals surface area contributed by atoms with Crippen LogP contribution in [0.4, 0.5) is 10.1 Å². The summed E-state index contributed by atoms with van der Waals surface area (Å²) in [5, 5.41) is 2.27. The molecule has 2 aromatic rings. The van der Waals surface area contributed by atoms with Gasteiger partial charge in [0.1, 0.15) is 23.7 Å². The summed E-state index contributed by atoms with van der Waals surface area (Å²) in [6.07, 6.45) is 3.07. The maximum absolute atomic E-state index is 14.2. The van der Waals surface area contributed by atoms with Crippen LogP contribution in [-0.4, -0.2) is 23.5 Å². The fourth-order valence-corrected chi connectivity index (χ4v) is 3.52. The Morgan fingerprint density at radius 3 is 2.68 bits per heavy atom. The fourth-order valence-electron chi connectivity index (χ4n) is 2.55.